The molecule has 0 amide bonds. The molecule has 0 aliphatic heterocycles. The summed E-state index contributed by atoms with van der Waals surface area (Å²) < 4.78 is 4.38. The minimum absolute atomic E-state index is 0.960. The predicted octanol–water partition coefficient (Wildman–Crippen LogP) is 2.93. The second kappa shape index (κ2) is 4.33. The van der Waals surface area contributed by atoms with Crippen molar-refractivity contribution in [2.45, 2.75) is 19.9 Å². The molecule has 0 saturated carbocycles. The van der Waals surface area contributed by atoms with E-state index in [1.807, 2.05) is 19.4 Å². The highest BCUT2D eigenvalue weighted by molar-refractivity contribution is 5.83. The van der Waals surface area contributed by atoms with Gasteiger partial charge in [-0.2, -0.15) is 0 Å². The summed E-state index contributed by atoms with van der Waals surface area (Å²) in [4.78, 5) is 4.36. The number of benzene rings is 1. The third kappa shape index (κ3) is 1.82. The fourth-order valence-electron chi connectivity index (χ4n) is 2.43. The Bertz CT molecular complexity index is 676. The molecule has 3 nitrogen and oxygen atoms in total. The quantitative estimate of drug-likeness (QED) is 0.689. The molecule has 0 radical (unpaired) electrons. The normalized spacial score (nSPS) is 11.2. The lowest BCUT2D eigenvalue weighted by Gasteiger charge is -2.06. The Morgan fingerprint density at radius 3 is 2.83 bits per heavy atom. The lowest BCUT2D eigenvalue weighted by molar-refractivity contribution is 0.668. The van der Waals surface area contributed by atoms with Crippen molar-refractivity contribution < 1.29 is 0 Å². The van der Waals surface area contributed by atoms with E-state index in [4.69, 9.17) is 0 Å². The standard InChI is InChI=1S/C15H17N3/c1-12-4-3-5-14-13(12)6-9-18(14)10-7-15-16-8-11-17(15)2/h3-6,8-9,11H,7,10H2,1-2H3. The number of hydrogen-bond acceptors (Lipinski definition) is 1. The lowest BCUT2D eigenvalue weighted by atomic mass is 10.1. The van der Waals surface area contributed by atoms with E-state index in [2.05, 4.69) is 51.5 Å². The van der Waals surface area contributed by atoms with Crippen LogP contribution in [-0.4, -0.2) is 14.1 Å². The highest BCUT2D eigenvalue weighted by Crippen LogP contribution is 2.19. The number of nitrogens with zero attached hydrogens (tertiary/aromatic N) is 3. The van der Waals surface area contributed by atoms with Crippen LogP contribution in [0.5, 0.6) is 0 Å². The minimum atomic E-state index is 0.960. The Balaban J connectivity index is 1.87. The molecule has 0 aliphatic carbocycles. The molecule has 18 heavy (non-hydrogen) atoms. The van der Waals surface area contributed by atoms with Gasteiger partial charge in [0.2, 0.25) is 0 Å². The van der Waals surface area contributed by atoms with E-state index in [0.29, 0.717) is 0 Å². The van der Waals surface area contributed by atoms with Crippen molar-refractivity contribution >= 4 is 10.9 Å². The van der Waals surface area contributed by atoms with Crippen molar-refractivity contribution in [1.29, 1.82) is 0 Å². The third-order valence-electron chi connectivity index (χ3n) is 3.53. The maximum atomic E-state index is 4.36. The molecule has 1 aromatic carbocycles. The number of fused-ring (bicyclic) bond motifs is 1. The lowest BCUT2D eigenvalue weighted by Crippen LogP contribution is -2.04. The number of imidazole rings is 1. The van der Waals surface area contributed by atoms with E-state index >= 15 is 0 Å². The van der Waals surface area contributed by atoms with E-state index in [-0.39, 0.29) is 0 Å². The van der Waals surface area contributed by atoms with Gasteiger partial charge in [0.1, 0.15) is 5.82 Å². The molecule has 2 heterocycles. The summed E-state index contributed by atoms with van der Waals surface area (Å²) in [5, 5.41) is 1.34. The number of aromatic nitrogens is 3. The Hall–Kier alpha value is -2.03. The number of hydrogen-bond donors (Lipinski definition) is 0. The van der Waals surface area contributed by atoms with Crippen molar-refractivity contribution in [1.82, 2.24) is 14.1 Å². The van der Waals surface area contributed by atoms with Crippen LogP contribution in [0.4, 0.5) is 0 Å². The van der Waals surface area contributed by atoms with Gasteiger partial charge in [0.15, 0.2) is 0 Å². The molecule has 3 rings (SSSR count). The summed E-state index contributed by atoms with van der Waals surface area (Å²) in [6.45, 7) is 3.13. The average molecular weight is 239 g/mol. The van der Waals surface area contributed by atoms with Crippen molar-refractivity contribution in [3.63, 3.8) is 0 Å². The first-order valence-corrected chi connectivity index (χ1v) is 6.26. The zero-order chi connectivity index (χ0) is 12.5. The van der Waals surface area contributed by atoms with Gasteiger partial charge in [0, 0.05) is 49.5 Å². The molecule has 0 saturated heterocycles. The van der Waals surface area contributed by atoms with Gasteiger partial charge in [-0.15, -0.1) is 0 Å². The van der Waals surface area contributed by atoms with Crippen molar-refractivity contribution in [2.24, 2.45) is 7.05 Å². The zero-order valence-electron chi connectivity index (χ0n) is 10.8. The summed E-state index contributed by atoms with van der Waals surface area (Å²) in [6, 6.07) is 8.66. The Morgan fingerprint density at radius 1 is 1.17 bits per heavy atom. The first-order valence-electron chi connectivity index (χ1n) is 6.26. The third-order valence-corrected chi connectivity index (χ3v) is 3.53. The van der Waals surface area contributed by atoms with Crippen LogP contribution in [0.3, 0.4) is 0 Å². The molecule has 0 fully saturated rings. The first kappa shape index (κ1) is 11.1. The van der Waals surface area contributed by atoms with Gasteiger partial charge in [-0.1, -0.05) is 12.1 Å². The van der Waals surface area contributed by atoms with Gasteiger partial charge < -0.3 is 9.13 Å². The van der Waals surface area contributed by atoms with Crippen LogP contribution in [-0.2, 0) is 20.0 Å². The van der Waals surface area contributed by atoms with E-state index in [9.17, 15) is 0 Å². The Morgan fingerprint density at radius 2 is 2.06 bits per heavy atom. The smallest absolute Gasteiger partial charge is 0.110 e. The van der Waals surface area contributed by atoms with E-state index in [1.165, 1.54) is 16.5 Å². The van der Waals surface area contributed by atoms with Crippen LogP contribution >= 0.6 is 0 Å². The Kier molecular flexibility index (Phi) is 2.67. The summed E-state index contributed by atoms with van der Waals surface area (Å²) >= 11 is 0. The Labute approximate surface area is 107 Å². The largest absolute Gasteiger partial charge is 0.347 e. The molecular weight excluding hydrogens is 222 g/mol. The van der Waals surface area contributed by atoms with Gasteiger partial charge >= 0.3 is 0 Å². The SMILES string of the molecule is Cc1cccc2c1ccn2CCc1nccn1C. The van der Waals surface area contributed by atoms with Crippen LogP contribution in [0.25, 0.3) is 10.9 Å². The van der Waals surface area contributed by atoms with Crippen LogP contribution < -0.4 is 0 Å². The average Bonchev–Trinajstić information content (AvgIpc) is 2.94. The van der Waals surface area contributed by atoms with Gasteiger partial charge in [0.05, 0.1) is 0 Å². The molecular formula is C15H17N3. The van der Waals surface area contributed by atoms with Crippen LogP contribution in [0.2, 0.25) is 0 Å². The highest BCUT2D eigenvalue weighted by atomic mass is 15.0. The van der Waals surface area contributed by atoms with Gasteiger partial charge in [0.25, 0.3) is 0 Å². The zero-order valence-corrected chi connectivity index (χ0v) is 10.8. The monoisotopic (exact) mass is 239 g/mol. The van der Waals surface area contributed by atoms with Crippen molar-refractivity contribution in [3.8, 4) is 0 Å². The molecule has 3 aromatic rings. The molecule has 3 heteroatoms. The van der Waals surface area contributed by atoms with Gasteiger partial charge in [-0.3, -0.25) is 0 Å². The summed E-state index contributed by atoms with van der Waals surface area (Å²) in [5.74, 6) is 1.13. The van der Waals surface area contributed by atoms with Crippen molar-refractivity contribution in [2.75, 3.05) is 0 Å². The van der Waals surface area contributed by atoms with Crippen LogP contribution in [0.1, 0.15) is 11.4 Å². The fraction of sp³-hybridized carbons (Fsp3) is 0.267. The van der Waals surface area contributed by atoms with Gasteiger partial charge in [-0.05, 0) is 24.6 Å². The predicted molar refractivity (Wildman–Crippen MR) is 73.6 cm³/mol. The molecule has 0 spiro atoms. The van der Waals surface area contributed by atoms with Crippen LogP contribution in [0, 0.1) is 6.92 Å². The topological polar surface area (TPSA) is 22.8 Å². The minimum Gasteiger partial charge on any atom is -0.347 e. The molecule has 0 bridgehead atoms. The highest BCUT2D eigenvalue weighted by Gasteiger charge is 2.04. The fourth-order valence-corrected chi connectivity index (χ4v) is 2.43. The van der Waals surface area contributed by atoms with Gasteiger partial charge in [-0.25, -0.2) is 4.98 Å². The maximum Gasteiger partial charge on any atom is 0.110 e. The van der Waals surface area contributed by atoms with E-state index < -0.39 is 0 Å². The second-order valence-electron chi connectivity index (χ2n) is 4.72. The first-order chi connectivity index (χ1) is 8.75. The van der Waals surface area contributed by atoms with Crippen LogP contribution in [0.15, 0.2) is 42.9 Å². The molecule has 2 aromatic heterocycles. The molecule has 92 valence electrons. The summed E-state index contributed by atoms with van der Waals surface area (Å²) in [5.41, 5.74) is 2.65. The second-order valence-corrected chi connectivity index (χ2v) is 4.72. The maximum absolute atomic E-state index is 4.36. The van der Waals surface area contributed by atoms with E-state index in [1.54, 1.807) is 0 Å². The number of rotatable bonds is 3. The summed E-state index contributed by atoms with van der Waals surface area (Å²) in [7, 11) is 2.04. The van der Waals surface area contributed by atoms with E-state index in [0.717, 1.165) is 18.8 Å². The molecule has 0 atom stereocenters. The molecule has 0 aliphatic rings. The molecule has 0 N–H and O–H groups in total. The number of aryl methyl sites for hydroxylation is 4. The van der Waals surface area contributed by atoms with Crippen molar-refractivity contribution in [3.05, 3.63) is 54.2 Å². The molecule has 0 unspecified atom stereocenters. The summed E-state index contributed by atoms with van der Waals surface area (Å²) in [6.07, 6.45) is 6.97.